The van der Waals surface area contributed by atoms with Gasteiger partial charge in [-0.25, -0.2) is 4.79 Å². The summed E-state index contributed by atoms with van der Waals surface area (Å²) in [6.07, 6.45) is 15.9. The minimum absolute atomic E-state index is 0.00445. The van der Waals surface area contributed by atoms with Gasteiger partial charge in [0.25, 0.3) is 0 Å². The number of aliphatic hydroxyl groups excluding tert-OH is 1. The second-order valence-electron chi connectivity index (χ2n) is 15.3. The molecule has 4 fully saturated rings. The molecule has 0 amide bonds. The lowest BCUT2D eigenvalue weighted by Gasteiger charge is -2.72. The summed E-state index contributed by atoms with van der Waals surface area (Å²) in [5, 5.41) is 11.0. The first kappa shape index (κ1) is 27.5. The highest BCUT2D eigenvalue weighted by Gasteiger charge is 2.69. The van der Waals surface area contributed by atoms with Gasteiger partial charge in [-0.2, -0.15) is 0 Å². The van der Waals surface area contributed by atoms with Crippen molar-refractivity contribution in [2.24, 2.45) is 50.7 Å². The van der Waals surface area contributed by atoms with Gasteiger partial charge in [-0.3, -0.25) is 0 Å². The smallest absolute Gasteiger partial charge is 0.330 e. The average Bonchev–Trinajstić information content (AvgIpc) is 3.21. The van der Waals surface area contributed by atoms with Crippen LogP contribution in [-0.2, 0) is 9.53 Å². The lowest BCUT2D eigenvalue weighted by atomic mass is 9.33. The van der Waals surface area contributed by atoms with Crippen molar-refractivity contribution in [3.8, 4) is 0 Å². The van der Waals surface area contributed by atoms with Gasteiger partial charge in [-0.1, -0.05) is 65.7 Å². The Balaban J connectivity index is 1.55. The first-order valence-corrected chi connectivity index (χ1v) is 15.5. The Morgan fingerprint density at radius 1 is 0.946 bits per heavy atom. The largest absolute Gasteiger partial charge is 0.463 e. The molecule has 3 nitrogen and oxygen atoms in total. The van der Waals surface area contributed by atoms with Crippen LogP contribution in [0.4, 0.5) is 0 Å². The van der Waals surface area contributed by atoms with Crippen molar-refractivity contribution in [2.75, 3.05) is 6.61 Å². The highest BCUT2D eigenvalue weighted by atomic mass is 16.5. The van der Waals surface area contributed by atoms with E-state index in [2.05, 4.69) is 54.5 Å². The first-order valence-electron chi connectivity index (χ1n) is 15.5. The molecule has 0 spiro atoms. The molecule has 5 aliphatic rings. The van der Waals surface area contributed by atoms with E-state index in [9.17, 15) is 9.90 Å². The maximum absolute atomic E-state index is 12.4. The SMILES string of the molecule is CCOC(=O)C=CC12CCC(C(C)C)=C1C1CCC3C4(C)CCC(O)C(C)(C)C4CCC3(C)C1(C)CC2. The maximum atomic E-state index is 12.4. The molecule has 5 rings (SSSR count). The third-order valence-electron chi connectivity index (χ3n) is 13.5. The summed E-state index contributed by atoms with van der Waals surface area (Å²) in [5.41, 5.74) is 4.37. The molecule has 0 radical (unpaired) electrons. The number of aliphatic hydroxyl groups is 1. The van der Waals surface area contributed by atoms with E-state index in [0.29, 0.717) is 35.2 Å². The molecule has 8 unspecified atom stereocenters. The predicted octanol–water partition coefficient (Wildman–Crippen LogP) is 8.27. The van der Waals surface area contributed by atoms with Crippen molar-refractivity contribution in [1.29, 1.82) is 0 Å². The molecule has 0 aromatic heterocycles. The summed E-state index contributed by atoms with van der Waals surface area (Å²) in [4.78, 5) is 12.4. The third-order valence-corrected chi connectivity index (χ3v) is 13.5. The summed E-state index contributed by atoms with van der Waals surface area (Å²) < 4.78 is 5.29. The fourth-order valence-electron chi connectivity index (χ4n) is 11.4. The third kappa shape index (κ3) is 3.71. The van der Waals surface area contributed by atoms with Crippen LogP contribution < -0.4 is 0 Å². The number of carbonyl (C=O) groups is 1. The van der Waals surface area contributed by atoms with Crippen molar-refractivity contribution in [2.45, 2.75) is 126 Å². The van der Waals surface area contributed by atoms with Crippen molar-refractivity contribution in [3.05, 3.63) is 23.3 Å². The normalized spacial score (nSPS) is 46.9. The molecule has 0 saturated heterocycles. The maximum Gasteiger partial charge on any atom is 0.330 e. The number of carbonyl (C=O) groups excluding carboxylic acids is 1. The molecule has 5 aliphatic carbocycles. The van der Waals surface area contributed by atoms with Crippen LogP contribution in [0.25, 0.3) is 0 Å². The Labute approximate surface area is 226 Å². The standard InChI is InChI=1S/C34H54O3/c1-9-37-28(36)15-19-34-18-12-23(22(2)3)29(34)24-10-11-26-31(6)16-14-27(35)30(4,5)25(31)13-17-33(26,8)32(24,7)20-21-34/h15,19,22,24-27,35H,9-14,16-18,20-21H2,1-8H3. The summed E-state index contributed by atoms with van der Waals surface area (Å²) in [5.74, 6) is 2.31. The van der Waals surface area contributed by atoms with E-state index < -0.39 is 0 Å². The van der Waals surface area contributed by atoms with E-state index in [4.69, 9.17) is 4.74 Å². The Hall–Kier alpha value is -1.09. The lowest BCUT2D eigenvalue weighted by molar-refractivity contribution is -0.227. The zero-order valence-corrected chi connectivity index (χ0v) is 25.1. The molecule has 8 atom stereocenters. The van der Waals surface area contributed by atoms with Gasteiger partial charge in [0.15, 0.2) is 0 Å². The number of rotatable bonds is 4. The monoisotopic (exact) mass is 510 g/mol. The Bertz CT molecular complexity index is 989. The second-order valence-corrected chi connectivity index (χ2v) is 15.3. The summed E-state index contributed by atoms with van der Waals surface area (Å²) >= 11 is 0. The number of hydrogen-bond donors (Lipinski definition) is 1. The molecular weight excluding hydrogens is 456 g/mol. The number of hydrogen-bond acceptors (Lipinski definition) is 3. The molecule has 37 heavy (non-hydrogen) atoms. The van der Waals surface area contributed by atoms with Crippen molar-refractivity contribution in [1.82, 2.24) is 0 Å². The highest BCUT2D eigenvalue weighted by molar-refractivity contribution is 5.82. The topological polar surface area (TPSA) is 46.5 Å². The van der Waals surface area contributed by atoms with Crippen LogP contribution in [0.15, 0.2) is 23.3 Å². The average molecular weight is 511 g/mol. The fourth-order valence-corrected chi connectivity index (χ4v) is 11.4. The minimum atomic E-state index is -0.188. The molecule has 0 heterocycles. The van der Waals surface area contributed by atoms with Crippen LogP contribution in [0, 0.1) is 50.7 Å². The second kappa shape index (κ2) is 8.97. The summed E-state index contributed by atoms with van der Waals surface area (Å²) in [6.45, 7) is 19.7. The van der Waals surface area contributed by atoms with Crippen LogP contribution in [0.2, 0.25) is 0 Å². The van der Waals surface area contributed by atoms with Gasteiger partial charge in [0.05, 0.1) is 12.7 Å². The van der Waals surface area contributed by atoms with E-state index in [0.717, 1.165) is 25.2 Å². The van der Waals surface area contributed by atoms with Gasteiger partial charge < -0.3 is 9.84 Å². The summed E-state index contributed by atoms with van der Waals surface area (Å²) in [6, 6.07) is 0. The first-order chi connectivity index (χ1) is 17.3. The Morgan fingerprint density at radius 2 is 1.68 bits per heavy atom. The zero-order chi connectivity index (χ0) is 27.0. The predicted molar refractivity (Wildman–Crippen MR) is 151 cm³/mol. The van der Waals surface area contributed by atoms with Crippen molar-refractivity contribution < 1.29 is 14.6 Å². The van der Waals surface area contributed by atoms with Crippen molar-refractivity contribution in [3.63, 3.8) is 0 Å². The van der Waals surface area contributed by atoms with Crippen LogP contribution in [0.1, 0.15) is 120 Å². The van der Waals surface area contributed by atoms with Gasteiger partial charge in [-0.05, 0) is 116 Å². The quantitative estimate of drug-likeness (QED) is 0.235. The van der Waals surface area contributed by atoms with E-state index in [1.54, 1.807) is 17.2 Å². The number of ether oxygens (including phenoxy) is 1. The molecule has 0 aromatic carbocycles. The highest BCUT2D eigenvalue weighted by Crippen LogP contribution is 2.76. The number of esters is 1. The Morgan fingerprint density at radius 3 is 2.35 bits per heavy atom. The molecule has 4 saturated carbocycles. The molecule has 1 N–H and O–H groups in total. The Kier molecular flexibility index (Phi) is 6.66. The molecular formula is C34H54O3. The van der Waals surface area contributed by atoms with Gasteiger partial charge in [0.2, 0.25) is 0 Å². The van der Waals surface area contributed by atoms with Gasteiger partial charge in [0.1, 0.15) is 0 Å². The van der Waals surface area contributed by atoms with Crippen molar-refractivity contribution >= 4 is 5.97 Å². The van der Waals surface area contributed by atoms with Gasteiger partial charge in [0, 0.05) is 11.5 Å². The van der Waals surface area contributed by atoms with E-state index >= 15 is 0 Å². The number of fused-ring (bicyclic) bond motifs is 7. The molecule has 0 aliphatic heterocycles. The molecule has 208 valence electrons. The van der Waals surface area contributed by atoms with E-state index in [1.807, 2.05) is 6.92 Å². The van der Waals surface area contributed by atoms with Gasteiger partial charge in [-0.15, -0.1) is 0 Å². The zero-order valence-electron chi connectivity index (χ0n) is 25.1. The number of allylic oxidation sites excluding steroid dienone is 3. The van der Waals surface area contributed by atoms with Crippen LogP contribution in [-0.4, -0.2) is 23.8 Å². The molecule has 3 heteroatoms. The minimum Gasteiger partial charge on any atom is -0.463 e. The van der Waals surface area contributed by atoms with Crippen LogP contribution in [0.5, 0.6) is 0 Å². The molecule has 0 aromatic rings. The van der Waals surface area contributed by atoms with Crippen LogP contribution >= 0.6 is 0 Å². The van der Waals surface area contributed by atoms with Gasteiger partial charge >= 0.3 is 5.97 Å². The molecule has 0 bridgehead atoms. The van der Waals surface area contributed by atoms with E-state index in [1.165, 1.54) is 44.9 Å². The lowest BCUT2D eigenvalue weighted by Crippen LogP contribution is -2.65. The summed E-state index contributed by atoms with van der Waals surface area (Å²) in [7, 11) is 0. The fraction of sp³-hybridized carbons (Fsp3) is 0.853. The van der Waals surface area contributed by atoms with Crippen LogP contribution in [0.3, 0.4) is 0 Å². The van der Waals surface area contributed by atoms with E-state index in [-0.39, 0.29) is 28.3 Å².